The van der Waals surface area contributed by atoms with E-state index >= 15 is 0 Å². The van der Waals surface area contributed by atoms with Gasteiger partial charge in [0.15, 0.2) is 17.8 Å². The molecule has 0 unspecified atom stereocenters. The normalized spacial score (nSPS) is 21.0. The number of hydrogen-bond donors (Lipinski definition) is 1. The van der Waals surface area contributed by atoms with Crippen LogP contribution in [-0.2, 0) is 13.5 Å². The van der Waals surface area contributed by atoms with Crippen molar-refractivity contribution in [3.8, 4) is 5.75 Å². The van der Waals surface area contributed by atoms with Gasteiger partial charge in [0, 0.05) is 13.5 Å². The van der Waals surface area contributed by atoms with Gasteiger partial charge >= 0.3 is 0 Å². The lowest BCUT2D eigenvalue weighted by atomic mass is 10.2. The summed E-state index contributed by atoms with van der Waals surface area (Å²) in [5, 5.41) is 7.11. The van der Waals surface area contributed by atoms with Crippen LogP contribution in [0.15, 0.2) is 23.2 Å². The molecule has 0 aliphatic heterocycles. The highest BCUT2D eigenvalue weighted by molar-refractivity contribution is 5.93. The molecule has 3 rings (SSSR count). The van der Waals surface area contributed by atoms with E-state index in [1.54, 1.807) is 10.9 Å². The van der Waals surface area contributed by atoms with Crippen molar-refractivity contribution < 1.29 is 13.9 Å². The predicted octanol–water partition coefficient (Wildman–Crippen LogP) is 1.70. The standard InChI is InChI=1S/C15H20N4O3/c1-3-12-14(16-9-21-12)15(20)18-11-5-4-6-13(11)22-10-7-17-19(2)8-10/h7-9,11,13H,3-6H2,1-2H3,(H,18,20)/t11-,13+/m0/s1. The van der Waals surface area contributed by atoms with Gasteiger partial charge in [0.1, 0.15) is 11.9 Å². The summed E-state index contributed by atoms with van der Waals surface area (Å²) >= 11 is 0. The van der Waals surface area contributed by atoms with E-state index in [4.69, 9.17) is 9.15 Å². The maximum atomic E-state index is 12.3. The highest BCUT2D eigenvalue weighted by Crippen LogP contribution is 2.25. The van der Waals surface area contributed by atoms with Gasteiger partial charge in [-0.1, -0.05) is 6.92 Å². The molecule has 0 spiro atoms. The summed E-state index contributed by atoms with van der Waals surface area (Å²) in [6.07, 6.45) is 8.26. The molecule has 2 aromatic rings. The minimum Gasteiger partial charge on any atom is -0.485 e. The molecule has 0 aromatic carbocycles. The maximum Gasteiger partial charge on any atom is 0.273 e. The van der Waals surface area contributed by atoms with Crippen LogP contribution in [-0.4, -0.2) is 32.8 Å². The first-order chi connectivity index (χ1) is 10.7. The first kappa shape index (κ1) is 14.6. The number of nitrogens with zero attached hydrogens (tertiary/aromatic N) is 3. The van der Waals surface area contributed by atoms with Crippen molar-refractivity contribution in [2.24, 2.45) is 7.05 Å². The Hall–Kier alpha value is -2.31. The second-order valence-corrected chi connectivity index (χ2v) is 5.49. The fraction of sp³-hybridized carbons (Fsp3) is 0.533. The minimum absolute atomic E-state index is 0.0193. The van der Waals surface area contributed by atoms with E-state index in [1.165, 1.54) is 6.39 Å². The highest BCUT2D eigenvalue weighted by atomic mass is 16.5. The van der Waals surface area contributed by atoms with Crippen molar-refractivity contribution in [1.82, 2.24) is 20.1 Å². The number of oxazole rings is 1. The molecule has 0 bridgehead atoms. The van der Waals surface area contributed by atoms with Crippen molar-refractivity contribution in [2.45, 2.75) is 44.8 Å². The topological polar surface area (TPSA) is 82.2 Å². The zero-order chi connectivity index (χ0) is 15.5. The van der Waals surface area contributed by atoms with Crippen LogP contribution in [0.3, 0.4) is 0 Å². The second kappa shape index (κ2) is 6.21. The van der Waals surface area contributed by atoms with Gasteiger partial charge in [-0.2, -0.15) is 5.10 Å². The molecule has 7 heteroatoms. The second-order valence-electron chi connectivity index (χ2n) is 5.49. The van der Waals surface area contributed by atoms with Gasteiger partial charge in [0.05, 0.1) is 18.4 Å². The van der Waals surface area contributed by atoms with Crippen LogP contribution >= 0.6 is 0 Å². The van der Waals surface area contributed by atoms with Crippen molar-refractivity contribution in [3.05, 3.63) is 30.2 Å². The number of amides is 1. The summed E-state index contributed by atoms with van der Waals surface area (Å²) in [5.74, 6) is 1.14. The van der Waals surface area contributed by atoms with Crippen molar-refractivity contribution in [3.63, 3.8) is 0 Å². The van der Waals surface area contributed by atoms with E-state index in [0.717, 1.165) is 25.0 Å². The van der Waals surface area contributed by atoms with Gasteiger partial charge in [0.25, 0.3) is 5.91 Å². The lowest BCUT2D eigenvalue weighted by molar-refractivity contribution is 0.0887. The Morgan fingerprint density at radius 1 is 1.55 bits per heavy atom. The number of ether oxygens (including phenoxy) is 1. The lowest BCUT2D eigenvalue weighted by Crippen LogP contribution is -2.42. The third kappa shape index (κ3) is 2.98. The van der Waals surface area contributed by atoms with Crippen molar-refractivity contribution in [1.29, 1.82) is 0 Å². The monoisotopic (exact) mass is 304 g/mol. The van der Waals surface area contributed by atoms with Crippen LogP contribution in [0.2, 0.25) is 0 Å². The molecule has 2 aromatic heterocycles. The van der Waals surface area contributed by atoms with Crippen LogP contribution in [0, 0.1) is 0 Å². The summed E-state index contributed by atoms with van der Waals surface area (Å²) in [6.45, 7) is 1.93. The Bertz CT molecular complexity index is 649. The van der Waals surface area contributed by atoms with Crippen molar-refractivity contribution >= 4 is 5.91 Å². The molecule has 118 valence electrons. The van der Waals surface area contributed by atoms with E-state index in [-0.39, 0.29) is 18.1 Å². The SMILES string of the molecule is CCc1ocnc1C(=O)N[C@H]1CCC[C@H]1Oc1cnn(C)c1. The Kier molecular flexibility index (Phi) is 4.13. The van der Waals surface area contributed by atoms with Crippen LogP contribution in [0.1, 0.15) is 42.4 Å². The minimum atomic E-state index is -0.197. The molecule has 1 saturated carbocycles. The van der Waals surface area contributed by atoms with E-state index in [2.05, 4.69) is 15.4 Å². The Labute approximate surface area is 128 Å². The number of carbonyl (C=O) groups is 1. The van der Waals surface area contributed by atoms with E-state index in [9.17, 15) is 4.79 Å². The molecule has 22 heavy (non-hydrogen) atoms. The number of carbonyl (C=O) groups excluding carboxylic acids is 1. The fourth-order valence-corrected chi connectivity index (χ4v) is 2.81. The van der Waals surface area contributed by atoms with E-state index in [0.29, 0.717) is 17.9 Å². The average Bonchev–Trinajstić information content (AvgIpc) is 3.21. The Balaban J connectivity index is 1.64. The summed E-state index contributed by atoms with van der Waals surface area (Å²) in [5.41, 5.74) is 0.370. The molecule has 2 heterocycles. The summed E-state index contributed by atoms with van der Waals surface area (Å²) in [7, 11) is 1.84. The van der Waals surface area contributed by atoms with Gasteiger partial charge in [-0.25, -0.2) is 4.98 Å². The molecule has 1 aliphatic carbocycles. The van der Waals surface area contributed by atoms with Gasteiger partial charge in [0.2, 0.25) is 0 Å². The van der Waals surface area contributed by atoms with Gasteiger partial charge in [-0.05, 0) is 19.3 Å². The number of rotatable bonds is 5. The Morgan fingerprint density at radius 2 is 2.41 bits per heavy atom. The molecule has 1 N–H and O–H groups in total. The predicted molar refractivity (Wildman–Crippen MR) is 78.6 cm³/mol. The number of aromatic nitrogens is 3. The van der Waals surface area contributed by atoms with E-state index in [1.807, 2.05) is 20.2 Å². The highest BCUT2D eigenvalue weighted by Gasteiger charge is 2.31. The molecule has 0 radical (unpaired) electrons. The third-order valence-electron chi connectivity index (χ3n) is 3.91. The smallest absolute Gasteiger partial charge is 0.273 e. The van der Waals surface area contributed by atoms with Crippen LogP contribution in [0.25, 0.3) is 0 Å². The molecule has 1 amide bonds. The van der Waals surface area contributed by atoms with E-state index < -0.39 is 0 Å². The summed E-state index contributed by atoms with van der Waals surface area (Å²) in [4.78, 5) is 16.3. The summed E-state index contributed by atoms with van der Waals surface area (Å²) < 4.78 is 12.8. The number of hydrogen-bond acceptors (Lipinski definition) is 5. The summed E-state index contributed by atoms with van der Waals surface area (Å²) in [6, 6.07) is -0.0193. The Morgan fingerprint density at radius 3 is 3.14 bits per heavy atom. The molecular weight excluding hydrogens is 284 g/mol. The zero-order valence-electron chi connectivity index (χ0n) is 12.8. The van der Waals surface area contributed by atoms with Crippen LogP contribution in [0.5, 0.6) is 5.75 Å². The largest absolute Gasteiger partial charge is 0.485 e. The third-order valence-corrected chi connectivity index (χ3v) is 3.91. The lowest BCUT2D eigenvalue weighted by Gasteiger charge is -2.21. The van der Waals surface area contributed by atoms with Gasteiger partial charge < -0.3 is 14.5 Å². The zero-order valence-corrected chi connectivity index (χ0v) is 12.8. The average molecular weight is 304 g/mol. The van der Waals surface area contributed by atoms with Gasteiger partial charge in [-0.3, -0.25) is 9.48 Å². The fourth-order valence-electron chi connectivity index (χ4n) is 2.81. The molecule has 7 nitrogen and oxygen atoms in total. The number of aryl methyl sites for hydroxylation is 2. The molecular formula is C15H20N4O3. The first-order valence-corrected chi connectivity index (χ1v) is 7.56. The first-order valence-electron chi connectivity index (χ1n) is 7.56. The van der Waals surface area contributed by atoms with Crippen molar-refractivity contribution in [2.75, 3.05) is 0 Å². The quantitative estimate of drug-likeness (QED) is 0.909. The maximum absolute atomic E-state index is 12.3. The van der Waals surface area contributed by atoms with Crippen LogP contribution in [0.4, 0.5) is 0 Å². The molecule has 1 aliphatic rings. The molecule has 0 saturated heterocycles. The molecule has 1 fully saturated rings. The van der Waals surface area contributed by atoms with Crippen LogP contribution < -0.4 is 10.1 Å². The van der Waals surface area contributed by atoms with Gasteiger partial charge in [-0.15, -0.1) is 0 Å². The number of nitrogens with one attached hydrogen (secondary N) is 1. The molecule has 2 atom stereocenters.